The molecule has 3 aromatic carbocycles. The van der Waals surface area contributed by atoms with Crippen LogP contribution in [0.15, 0.2) is 77.7 Å². The lowest BCUT2D eigenvalue weighted by atomic mass is 10.1. The highest BCUT2D eigenvalue weighted by atomic mass is 35.5. The van der Waals surface area contributed by atoms with E-state index in [1.54, 1.807) is 36.4 Å². The molecule has 0 aromatic heterocycles. The predicted octanol–water partition coefficient (Wildman–Crippen LogP) is 4.73. The van der Waals surface area contributed by atoms with Crippen LogP contribution in [0.3, 0.4) is 0 Å². The molecule has 7 heteroatoms. The second-order valence-corrected chi connectivity index (χ2v) is 8.65. The molecule has 1 amide bonds. The monoisotopic (exact) mass is 414 g/mol. The molecule has 5 nitrogen and oxygen atoms in total. The van der Waals surface area contributed by atoms with Crippen molar-refractivity contribution in [3.8, 4) is 0 Å². The van der Waals surface area contributed by atoms with Gasteiger partial charge in [-0.05, 0) is 49.4 Å². The van der Waals surface area contributed by atoms with Crippen molar-refractivity contribution in [1.82, 2.24) is 0 Å². The molecular formula is C21H19ClN2O3S. The Morgan fingerprint density at radius 1 is 0.964 bits per heavy atom. The van der Waals surface area contributed by atoms with Gasteiger partial charge in [0.2, 0.25) is 0 Å². The van der Waals surface area contributed by atoms with E-state index < -0.39 is 10.0 Å². The Hall–Kier alpha value is -2.83. The molecule has 0 heterocycles. The summed E-state index contributed by atoms with van der Waals surface area (Å²) in [6.07, 6.45) is 0. The lowest BCUT2D eigenvalue weighted by Gasteiger charge is -2.20. The van der Waals surface area contributed by atoms with E-state index >= 15 is 0 Å². The summed E-state index contributed by atoms with van der Waals surface area (Å²) in [5.74, 6) is -0.367. The third-order valence-corrected chi connectivity index (χ3v) is 6.38. The van der Waals surface area contributed by atoms with Crippen molar-refractivity contribution < 1.29 is 13.2 Å². The minimum absolute atomic E-state index is 0.164. The van der Waals surface area contributed by atoms with Gasteiger partial charge in [0.25, 0.3) is 15.9 Å². The van der Waals surface area contributed by atoms with Crippen LogP contribution in [0.4, 0.5) is 11.4 Å². The van der Waals surface area contributed by atoms with Crippen LogP contribution in [0.1, 0.15) is 15.9 Å². The Labute approximate surface area is 169 Å². The summed E-state index contributed by atoms with van der Waals surface area (Å²) in [5.41, 5.74) is 2.36. The number of sulfonamides is 1. The van der Waals surface area contributed by atoms with Crippen LogP contribution in [0.25, 0.3) is 0 Å². The summed E-state index contributed by atoms with van der Waals surface area (Å²) in [6.45, 7) is 1.96. The van der Waals surface area contributed by atoms with Crippen molar-refractivity contribution >= 4 is 38.9 Å². The van der Waals surface area contributed by atoms with Crippen LogP contribution >= 0.6 is 11.6 Å². The number of nitrogens with zero attached hydrogens (tertiary/aromatic N) is 1. The number of hydrogen-bond donors (Lipinski definition) is 1. The summed E-state index contributed by atoms with van der Waals surface area (Å²) in [7, 11) is -2.28. The van der Waals surface area contributed by atoms with Crippen molar-refractivity contribution in [3.63, 3.8) is 0 Å². The third-order valence-electron chi connectivity index (χ3n) is 4.27. The molecule has 3 aromatic rings. The number of nitrogens with one attached hydrogen (secondary N) is 1. The number of aryl methyl sites for hydroxylation is 1. The molecule has 28 heavy (non-hydrogen) atoms. The van der Waals surface area contributed by atoms with Gasteiger partial charge in [-0.25, -0.2) is 8.42 Å². The smallest absolute Gasteiger partial charge is 0.264 e. The number of halogens is 1. The van der Waals surface area contributed by atoms with E-state index in [9.17, 15) is 13.2 Å². The number of carbonyl (C=O) groups is 1. The Morgan fingerprint density at radius 3 is 2.21 bits per heavy atom. The minimum atomic E-state index is -3.72. The van der Waals surface area contributed by atoms with Crippen molar-refractivity contribution in [2.45, 2.75) is 11.8 Å². The van der Waals surface area contributed by atoms with Crippen LogP contribution in [-0.2, 0) is 10.0 Å². The summed E-state index contributed by atoms with van der Waals surface area (Å²) in [6, 6.07) is 20.0. The van der Waals surface area contributed by atoms with Crippen LogP contribution < -0.4 is 9.62 Å². The summed E-state index contributed by atoms with van der Waals surface area (Å²) < 4.78 is 26.6. The molecule has 0 aliphatic carbocycles. The van der Waals surface area contributed by atoms with E-state index in [4.69, 9.17) is 11.6 Å². The number of carbonyl (C=O) groups excluding carboxylic acids is 1. The highest BCUT2D eigenvalue weighted by Gasteiger charge is 2.22. The molecule has 1 N–H and O–H groups in total. The maximum absolute atomic E-state index is 12.7. The van der Waals surface area contributed by atoms with Gasteiger partial charge in [0.05, 0.1) is 21.2 Å². The van der Waals surface area contributed by atoms with Crippen molar-refractivity contribution in [3.05, 3.63) is 88.9 Å². The molecular weight excluding hydrogens is 396 g/mol. The maximum atomic E-state index is 12.7. The van der Waals surface area contributed by atoms with Gasteiger partial charge in [-0.2, -0.15) is 0 Å². The van der Waals surface area contributed by atoms with Gasteiger partial charge >= 0.3 is 0 Å². The predicted molar refractivity (Wildman–Crippen MR) is 113 cm³/mol. The van der Waals surface area contributed by atoms with Gasteiger partial charge in [-0.15, -0.1) is 0 Å². The molecule has 0 aliphatic rings. The van der Waals surface area contributed by atoms with Gasteiger partial charge in [0, 0.05) is 12.7 Å². The molecule has 0 atom stereocenters. The number of anilines is 2. The Bertz CT molecular complexity index is 1100. The van der Waals surface area contributed by atoms with Gasteiger partial charge in [0.15, 0.2) is 0 Å². The first-order valence-corrected chi connectivity index (χ1v) is 10.3. The van der Waals surface area contributed by atoms with E-state index in [0.717, 1.165) is 9.87 Å². The topological polar surface area (TPSA) is 66.5 Å². The first-order chi connectivity index (χ1) is 13.3. The standard InChI is InChI=1S/C21H19ClN2O3S/c1-15-8-10-16(11-9-15)23-21(25)19-13-12-17(14-20(19)22)24(2)28(26,27)18-6-4-3-5-7-18/h3-14H,1-2H3,(H,23,25). The van der Waals surface area contributed by atoms with Gasteiger partial charge in [-0.3, -0.25) is 9.10 Å². The largest absolute Gasteiger partial charge is 0.322 e. The summed E-state index contributed by atoms with van der Waals surface area (Å²) in [4.78, 5) is 12.7. The maximum Gasteiger partial charge on any atom is 0.264 e. The second kappa shape index (κ2) is 8.04. The summed E-state index contributed by atoms with van der Waals surface area (Å²) in [5, 5.41) is 2.94. The fourth-order valence-electron chi connectivity index (χ4n) is 2.61. The van der Waals surface area contributed by atoms with E-state index in [1.807, 2.05) is 19.1 Å². The van der Waals surface area contributed by atoms with Crippen molar-refractivity contribution in [2.24, 2.45) is 0 Å². The number of amides is 1. The highest BCUT2D eigenvalue weighted by Crippen LogP contribution is 2.27. The molecule has 0 spiro atoms. The zero-order valence-electron chi connectivity index (χ0n) is 15.4. The number of rotatable bonds is 5. The normalized spacial score (nSPS) is 11.1. The summed E-state index contributed by atoms with van der Waals surface area (Å²) >= 11 is 6.27. The van der Waals surface area contributed by atoms with Gasteiger partial charge < -0.3 is 5.32 Å². The first-order valence-electron chi connectivity index (χ1n) is 8.50. The first kappa shape index (κ1) is 19.9. The van der Waals surface area contributed by atoms with Crippen LogP contribution in [0.5, 0.6) is 0 Å². The Morgan fingerprint density at radius 2 is 1.61 bits per heavy atom. The fraction of sp³-hybridized carbons (Fsp3) is 0.0952. The molecule has 0 aliphatic heterocycles. The highest BCUT2D eigenvalue weighted by molar-refractivity contribution is 7.92. The Kier molecular flexibility index (Phi) is 5.72. The lowest BCUT2D eigenvalue weighted by molar-refractivity contribution is 0.102. The fourth-order valence-corrected chi connectivity index (χ4v) is 4.08. The Balaban J connectivity index is 1.83. The van der Waals surface area contributed by atoms with E-state index in [0.29, 0.717) is 11.4 Å². The second-order valence-electron chi connectivity index (χ2n) is 6.27. The number of hydrogen-bond acceptors (Lipinski definition) is 3. The molecule has 3 rings (SSSR count). The SMILES string of the molecule is Cc1ccc(NC(=O)c2ccc(N(C)S(=O)(=O)c3ccccc3)cc2Cl)cc1. The average molecular weight is 415 g/mol. The zero-order valence-corrected chi connectivity index (χ0v) is 17.0. The van der Waals surface area contributed by atoms with Crippen molar-refractivity contribution in [1.29, 1.82) is 0 Å². The molecule has 0 saturated heterocycles. The molecule has 0 radical (unpaired) electrons. The van der Waals surface area contributed by atoms with E-state index in [2.05, 4.69) is 5.32 Å². The van der Waals surface area contributed by atoms with Crippen LogP contribution in [0.2, 0.25) is 5.02 Å². The average Bonchev–Trinajstić information content (AvgIpc) is 2.69. The third kappa shape index (κ3) is 4.18. The number of benzene rings is 3. The van der Waals surface area contributed by atoms with Gasteiger partial charge in [0.1, 0.15) is 0 Å². The molecule has 144 valence electrons. The van der Waals surface area contributed by atoms with E-state index in [-0.39, 0.29) is 21.4 Å². The van der Waals surface area contributed by atoms with Crippen LogP contribution in [-0.4, -0.2) is 21.4 Å². The zero-order chi connectivity index (χ0) is 20.3. The molecule has 0 bridgehead atoms. The lowest BCUT2D eigenvalue weighted by Crippen LogP contribution is -2.26. The molecule has 0 fully saturated rings. The molecule has 0 unspecified atom stereocenters. The van der Waals surface area contributed by atoms with Crippen LogP contribution in [0, 0.1) is 6.92 Å². The van der Waals surface area contributed by atoms with Gasteiger partial charge in [-0.1, -0.05) is 47.5 Å². The van der Waals surface area contributed by atoms with Crippen molar-refractivity contribution in [2.75, 3.05) is 16.7 Å². The molecule has 0 saturated carbocycles. The minimum Gasteiger partial charge on any atom is -0.322 e. The van der Waals surface area contributed by atoms with E-state index in [1.165, 1.54) is 31.3 Å². The quantitative estimate of drug-likeness (QED) is 0.656.